The summed E-state index contributed by atoms with van der Waals surface area (Å²) < 4.78 is 0. The zero-order valence-corrected chi connectivity index (χ0v) is 18.0. The second-order valence-corrected chi connectivity index (χ2v) is 8.26. The summed E-state index contributed by atoms with van der Waals surface area (Å²) in [5, 5.41) is 6.42. The van der Waals surface area contributed by atoms with Crippen molar-refractivity contribution in [3.05, 3.63) is 29.8 Å². The van der Waals surface area contributed by atoms with Crippen molar-refractivity contribution in [3.8, 4) is 0 Å². The Balaban J connectivity index is 1.85. The van der Waals surface area contributed by atoms with Gasteiger partial charge in [-0.15, -0.1) is 11.8 Å². The third-order valence-electron chi connectivity index (χ3n) is 4.59. The van der Waals surface area contributed by atoms with E-state index in [2.05, 4.69) is 21.5 Å². The normalized spacial score (nSPS) is 15.0. The minimum absolute atomic E-state index is 0.0252. The largest absolute Gasteiger partial charge is 0.362 e. The van der Waals surface area contributed by atoms with Crippen LogP contribution in [0.1, 0.15) is 62.2 Å². The molecule has 0 aromatic heterocycles. The molecular weight excluding hydrogens is 392 g/mol. The van der Waals surface area contributed by atoms with Crippen molar-refractivity contribution in [1.82, 2.24) is 21.5 Å². The molecule has 6 nitrogen and oxygen atoms in total. The molecule has 0 unspecified atom stereocenters. The van der Waals surface area contributed by atoms with Crippen LogP contribution in [0, 0.1) is 0 Å². The highest BCUT2D eigenvalue weighted by molar-refractivity contribution is 8.00. The van der Waals surface area contributed by atoms with E-state index in [0.29, 0.717) is 23.0 Å². The molecule has 1 aliphatic rings. The van der Waals surface area contributed by atoms with Gasteiger partial charge in [0.2, 0.25) is 5.91 Å². The highest BCUT2D eigenvalue weighted by Crippen LogP contribution is 2.23. The van der Waals surface area contributed by atoms with Crippen molar-refractivity contribution in [2.45, 2.75) is 62.8 Å². The van der Waals surface area contributed by atoms with Crippen molar-refractivity contribution < 1.29 is 9.59 Å². The molecule has 4 N–H and O–H groups in total. The van der Waals surface area contributed by atoms with E-state index in [1.165, 1.54) is 43.9 Å². The minimum atomic E-state index is -0.288. The van der Waals surface area contributed by atoms with Gasteiger partial charge in [0.05, 0.1) is 11.3 Å². The van der Waals surface area contributed by atoms with Crippen LogP contribution < -0.4 is 21.5 Å². The predicted octanol–water partition coefficient (Wildman–Crippen LogP) is 3.14. The molecule has 1 aromatic carbocycles. The number of thioether (sulfide) groups is 1. The Kier molecular flexibility index (Phi) is 10.1. The summed E-state index contributed by atoms with van der Waals surface area (Å²) in [6.07, 6.45) is 8.32. The van der Waals surface area contributed by atoms with Gasteiger partial charge in [-0.05, 0) is 44.1 Å². The van der Waals surface area contributed by atoms with Crippen LogP contribution in [0.15, 0.2) is 29.2 Å². The van der Waals surface area contributed by atoms with Crippen LogP contribution in [0.4, 0.5) is 0 Å². The van der Waals surface area contributed by atoms with Crippen LogP contribution in [-0.2, 0) is 4.79 Å². The second kappa shape index (κ2) is 12.6. The topological polar surface area (TPSA) is 82.3 Å². The summed E-state index contributed by atoms with van der Waals surface area (Å²) in [4.78, 5) is 25.6. The van der Waals surface area contributed by atoms with E-state index in [1.54, 1.807) is 12.1 Å². The molecule has 0 atom stereocenters. The number of hydrogen-bond donors (Lipinski definition) is 4. The smallest absolute Gasteiger partial charge is 0.270 e. The van der Waals surface area contributed by atoms with Crippen LogP contribution in [0.5, 0.6) is 0 Å². The number of hydrazine groups is 1. The highest BCUT2D eigenvalue weighted by atomic mass is 32.2. The van der Waals surface area contributed by atoms with E-state index in [4.69, 9.17) is 12.2 Å². The molecule has 0 heterocycles. The number of thiocarbonyl (C=S) groups is 1. The summed E-state index contributed by atoms with van der Waals surface area (Å²) in [7, 11) is 0. The molecule has 8 heteroatoms. The number of hydrogen-bond acceptors (Lipinski definition) is 4. The fourth-order valence-electron chi connectivity index (χ4n) is 3.18. The molecule has 1 aromatic rings. The van der Waals surface area contributed by atoms with Crippen LogP contribution in [-0.4, -0.2) is 35.3 Å². The number of carbonyl (C=O) groups is 2. The van der Waals surface area contributed by atoms with E-state index < -0.39 is 0 Å². The lowest BCUT2D eigenvalue weighted by molar-refractivity contribution is -0.119. The molecule has 1 aliphatic carbocycles. The number of carbonyl (C=O) groups excluding carboxylic acids is 2. The zero-order valence-electron chi connectivity index (χ0n) is 16.4. The van der Waals surface area contributed by atoms with Crippen molar-refractivity contribution in [2.24, 2.45) is 0 Å². The van der Waals surface area contributed by atoms with Crippen LogP contribution in [0.2, 0.25) is 0 Å². The molecular formula is C20H30N4O2S2. The lowest BCUT2D eigenvalue weighted by atomic mass is 9.97. The maximum absolute atomic E-state index is 12.4. The first-order valence-corrected chi connectivity index (χ1v) is 11.3. The third kappa shape index (κ3) is 8.06. The van der Waals surface area contributed by atoms with Gasteiger partial charge >= 0.3 is 0 Å². The molecule has 0 aliphatic heterocycles. The summed E-state index contributed by atoms with van der Waals surface area (Å²) in [5.74, 6) is 0.0327. The molecule has 1 fully saturated rings. The number of rotatable bonds is 6. The first-order valence-electron chi connectivity index (χ1n) is 9.95. The van der Waals surface area contributed by atoms with Gasteiger partial charge in [0.25, 0.3) is 5.91 Å². The van der Waals surface area contributed by atoms with Crippen molar-refractivity contribution in [2.75, 3.05) is 12.3 Å². The van der Waals surface area contributed by atoms with Crippen LogP contribution in [0.3, 0.4) is 0 Å². The number of benzene rings is 1. The van der Waals surface area contributed by atoms with Gasteiger partial charge in [-0.2, -0.15) is 0 Å². The Morgan fingerprint density at radius 1 is 1.07 bits per heavy atom. The fourth-order valence-corrected chi connectivity index (χ4v) is 4.24. The van der Waals surface area contributed by atoms with E-state index in [9.17, 15) is 9.59 Å². The van der Waals surface area contributed by atoms with Gasteiger partial charge in [-0.1, -0.05) is 44.2 Å². The molecule has 1 saturated carbocycles. The quantitative estimate of drug-likeness (QED) is 0.320. The SMILES string of the molecule is CCNC(=S)NNC(=O)c1ccccc1SCC(=O)NC1CCCCCCC1. The maximum Gasteiger partial charge on any atom is 0.270 e. The molecule has 0 spiro atoms. The van der Waals surface area contributed by atoms with E-state index in [-0.39, 0.29) is 17.9 Å². The average Bonchev–Trinajstić information content (AvgIpc) is 2.67. The van der Waals surface area contributed by atoms with Gasteiger partial charge < -0.3 is 10.6 Å². The van der Waals surface area contributed by atoms with E-state index >= 15 is 0 Å². The molecule has 2 rings (SSSR count). The Labute approximate surface area is 177 Å². The maximum atomic E-state index is 12.4. The second-order valence-electron chi connectivity index (χ2n) is 6.83. The van der Waals surface area contributed by atoms with E-state index in [0.717, 1.165) is 17.7 Å². The summed E-state index contributed by atoms with van der Waals surface area (Å²) in [6, 6.07) is 7.54. The van der Waals surface area contributed by atoms with Crippen molar-refractivity contribution in [1.29, 1.82) is 0 Å². The third-order valence-corrected chi connectivity index (χ3v) is 5.91. The fraction of sp³-hybridized carbons (Fsp3) is 0.550. The molecule has 28 heavy (non-hydrogen) atoms. The van der Waals surface area contributed by atoms with Crippen molar-refractivity contribution in [3.63, 3.8) is 0 Å². The number of nitrogens with one attached hydrogen (secondary N) is 4. The first-order chi connectivity index (χ1) is 13.6. The van der Waals surface area contributed by atoms with Gasteiger partial charge in [-0.3, -0.25) is 20.4 Å². The zero-order chi connectivity index (χ0) is 20.2. The Morgan fingerprint density at radius 3 is 2.46 bits per heavy atom. The first kappa shape index (κ1) is 22.5. The minimum Gasteiger partial charge on any atom is -0.362 e. The average molecular weight is 423 g/mol. The van der Waals surface area contributed by atoms with Gasteiger partial charge in [0.1, 0.15) is 0 Å². The Bertz CT molecular complexity index is 661. The summed E-state index contributed by atoms with van der Waals surface area (Å²) in [6.45, 7) is 2.59. The molecule has 0 saturated heterocycles. The standard InChI is InChI=1S/C20H30N4O2S2/c1-2-21-20(27)24-23-19(26)16-12-8-9-13-17(16)28-14-18(25)22-15-10-6-4-3-5-7-11-15/h8-9,12-13,15H,2-7,10-11,14H2,1H3,(H,22,25)(H,23,26)(H2,21,24,27). The molecule has 154 valence electrons. The molecule has 0 bridgehead atoms. The Hall–Kier alpha value is -1.80. The van der Waals surface area contributed by atoms with Gasteiger partial charge in [0.15, 0.2) is 5.11 Å². The highest BCUT2D eigenvalue weighted by Gasteiger charge is 2.16. The molecule has 2 amide bonds. The monoisotopic (exact) mass is 422 g/mol. The van der Waals surface area contributed by atoms with Crippen molar-refractivity contribution >= 4 is 40.9 Å². The van der Waals surface area contributed by atoms with Crippen LogP contribution in [0.25, 0.3) is 0 Å². The Morgan fingerprint density at radius 2 is 1.75 bits per heavy atom. The lowest BCUT2D eigenvalue weighted by Crippen LogP contribution is -2.46. The summed E-state index contributed by atoms with van der Waals surface area (Å²) in [5.41, 5.74) is 5.77. The lowest BCUT2D eigenvalue weighted by Gasteiger charge is -2.21. The van der Waals surface area contributed by atoms with Gasteiger partial charge in [0, 0.05) is 17.5 Å². The van der Waals surface area contributed by atoms with Gasteiger partial charge in [-0.25, -0.2) is 0 Å². The number of amides is 2. The predicted molar refractivity (Wildman–Crippen MR) is 118 cm³/mol. The van der Waals surface area contributed by atoms with E-state index in [1.807, 2.05) is 19.1 Å². The van der Waals surface area contributed by atoms with Crippen LogP contribution >= 0.6 is 24.0 Å². The summed E-state index contributed by atoms with van der Waals surface area (Å²) >= 11 is 6.42. The molecule has 0 radical (unpaired) electrons.